The van der Waals surface area contributed by atoms with Crippen molar-refractivity contribution in [2.75, 3.05) is 13.7 Å². The van der Waals surface area contributed by atoms with Crippen LogP contribution in [0.25, 0.3) is 0 Å². The van der Waals surface area contributed by atoms with Crippen molar-refractivity contribution in [3.8, 4) is 0 Å². The highest BCUT2D eigenvalue weighted by molar-refractivity contribution is 5.94. The Labute approximate surface area is 151 Å². The van der Waals surface area contributed by atoms with Gasteiger partial charge < -0.3 is 10.1 Å². The molecule has 0 fully saturated rings. The topological polar surface area (TPSA) is 38.3 Å². The van der Waals surface area contributed by atoms with Gasteiger partial charge in [-0.3, -0.25) is 4.79 Å². The van der Waals surface area contributed by atoms with E-state index in [0.29, 0.717) is 17.5 Å². The lowest BCUT2D eigenvalue weighted by Gasteiger charge is -2.23. The molecule has 6 heteroatoms. The number of alkyl halides is 3. The van der Waals surface area contributed by atoms with Gasteiger partial charge >= 0.3 is 6.18 Å². The Bertz CT molecular complexity index is 752. The van der Waals surface area contributed by atoms with E-state index in [9.17, 15) is 18.0 Å². The molecule has 2 aromatic rings. The molecule has 26 heavy (non-hydrogen) atoms. The number of amides is 1. The van der Waals surface area contributed by atoms with Crippen LogP contribution in [0.15, 0.2) is 48.5 Å². The van der Waals surface area contributed by atoms with Crippen LogP contribution >= 0.6 is 0 Å². The minimum atomic E-state index is -4.36. The summed E-state index contributed by atoms with van der Waals surface area (Å²) < 4.78 is 43.5. The van der Waals surface area contributed by atoms with Gasteiger partial charge in [-0.2, -0.15) is 13.2 Å². The third-order valence-corrected chi connectivity index (χ3v) is 4.31. The first-order valence-corrected chi connectivity index (χ1v) is 8.23. The average molecular weight is 365 g/mol. The summed E-state index contributed by atoms with van der Waals surface area (Å²) in [7, 11) is 1.62. The molecule has 0 aliphatic carbocycles. The number of benzene rings is 2. The molecule has 1 amide bonds. The summed E-state index contributed by atoms with van der Waals surface area (Å²) in [5.41, 5.74) is 0.832. The van der Waals surface area contributed by atoms with Crippen molar-refractivity contribution in [3.63, 3.8) is 0 Å². The zero-order chi connectivity index (χ0) is 19.4. The number of hydrogen-bond acceptors (Lipinski definition) is 2. The van der Waals surface area contributed by atoms with E-state index in [2.05, 4.69) is 5.32 Å². The van der Waals surface area contributed by atoms with Crippen molar-refractivity contribution >= 4 is 5.91 Å². The highest BCUT2D eigenvalue weighted by atomic mass is 19.4. The molecule has 0 aliphatic heterocycles. The van der Waals surface area contributed by atoms with Gasteiger partial charge in [-0.05, 0) is 49.6 Å². The van der Waals surface area contributed by atoms with Crippen LogP contribution in [0.3, 0.4) is 0 Å². The van der Waals surface area contributed by atoms with E-state index >= 15 is 0 Å². The second kappa shape index (κ2) is 7.91. The lowest BCUT2D eigenvalue weighted by atomic mass is 9.97. The minimum Gasteiger partial charge on any atom is -0.374 e. The fraction of sp³-hybridized carbons (Fsp3) is 0.350. The van der Waals surface area contributed by atoms with Gasteiger partial charge in [-0.25, -0.2) is 0 Å². The highest BCUT2D eigenvalue weighted by Gasteiger charge is 2.30. The number of halogens is 3. The first kappa shape index (κ1) is 20.0. The molecule has 0 unspecified atom stereocenters. The molecule has 3 nitrogen and oxygen atoms in total. The van der Waals surface area contributed by atoms with Gasteiger partial charge in [0.15, 0.2) is 0 Å². The SMILES string of the molecule is COC(C)(C)c1ccc(C(=O)NCCc2cccc(C(F)(F)F)c2)cc1. The van der Waals surface area contributed by atoms with Crippen LogP contribution in [0.1, 0.15) is 40.9 Å². The quantitative estimate of drug-likeness (QED) is 0.815. The average Bonchev–Trinajstić information content (AvgIpc) is 2.61. The van der Waals surface area contributed by atoms with Crippen LogP contribution in [-0.4, -0.2) is 19.6 Å². The molecule has 0 aliphatic rings. The van der Waals surface area contributed by atoms with E-state index in [1.54, 1.807) is 25.3 Å². The molecule has 0 saturated heterocycles. The molecular weight excluding hydrogens is 343 g/mol. The molecule has 0 bridgehead atoms. The van der Waals surface area contributed by atoms with Gasteiger partial charge in [0, 0.05) is 19.2 Å². The third-order valence-electron chi connectivity index (χ3n) is 4.31. The Balaban J connectivity index is 1.93. The predicted molar refractivity (Wildman–Crippen MR) is 94.0 cm³/mol. The zero-order valence-electron chi connectivity index (χ0n) is 15.0. The molecule has 0 heterocycles. The van der Waals surface area contributed by atoms with Gasteiger partial charge in [0.2, 0.25) is 0 Å². The smallest absolute Gasteiger partial charge is 0.374 e. The summed E-state index contributed by atoms with van der Waals surface area (Å²) >= 11 is 0. The Morgan fingerprint density at radius 1 is 1.04 bits per heavy atom. The molecule has 140 valence electrons. The van der Waals surface area contributed by atoms with Gasteiger partial charge in [-0.1, -0.05) is 30.3 Å². The maximum absolute atomic E-state index is 12.7. The molecule has 2 rings (SSSR count). The number of methoxy groups -OCH3 is 1. The van der Waals surface area contributed by atoms with E-state index < -0.39 is 17.3 Å². The van der Waals surface area contributed by atoms with Crippen LogP contribution in [0.4, 0.5) is 13.2 Å². The Kier molecular flexibility index (Phi) is 6.08. The summed E-state index contributed by atoms with van der Waals surface area (Å²) in [6.07, 6.45) is -4.04. The van der Waals surface area contributed by atoms with E-state index in [1.807, 2.05) is 26.0 Å². The summed E-state index contributed by atoms with van der Waals surface area (Å²) in [6.45, 7) is 4.11. The Hall–Kier alpha value is -2.34. The molecule has 0 radical (unpaired) electrons. The van der Waals surface area contributed by atoms with Crippen LogP contribution in [0.5, 0.6) is 0 Å². The summed E-state index contributed by atoms with van der Waals surface area (Å²) in [5, 5.41) is 2.73. The number of rotatable bonds is 6. The standard InChI is InChI=1S/C20H22F3NO2/c1-19(2,26-3)16-9-7-15(8-10-16)18(25)24-12-11-14-5-4-6-17(13-14)20(21,22)23/h4-10,13H,11-12H2,1-3H3,(H,24,25). The van der Waals surface area contributed by atoms with E-state index in [1.165, 1.54) is 6.07 Å². The van der Waals surface area contributed by atoms with Gasteiger partial charge in [0.05, 0.1) is 11.2 Å². The van der Waals surface area contributed by atoms with Crippen molar-refractivity contribution in [1.29, 1.82) is 0 Å². The summed E-state index contributed by atoms with van der Waals surface area (Å²) in [5.74, 6) is -0.265. The normalized spacial score (nSPS) is 12.1. The fourth-order valence-electron chi connectivity index (χ4n) is 2.47. The monoisotopic (exact) mass is 365 g/mol. The molecule has 0 spiro atoms. The summed E-state index contributed by atoms with van der Waals surface area (Å²) in [4.78, 5) is 12.2. The van der Waals surface area contributed by atoms with Crippen molar-refractivity contribution in [2.45, 2.75) is 32.0 Å². The number of ether oxygens (including phenoxy) is 1. The van der Waals surface area contributed by atoms with E-state index in [4.69, 9.17) is 4.74 Å². The number of nitrogens with one attached hydrogen (secondary N) is 1. The van der Waals surface area contributed by atoms with Gasteiger partial charge in [-0.15, -0.1) is 0 Å². The second-order valence-corrected chi connectivity index (χ2v) is 6.50. The van der Waals surface area contributed by atoms with E-state index in [-0.39, 0.29) is 12.5 Å². The second-order valence-electron chi connectivity index (χ2n) is 6.50. The Morgan fingerprint density at radius 2 is 1.69 bits per heavy atom. The molecular formula is C20H22F3NO2. The van der Waals surface area contributed by atoms with Crippen LogP contribution in [0, 0.1) is 0 Å². The fourth-order valence-corrected chi connectivity index (χ4v) is 2.47. The lowest BCUT2D eigenvalue weighted by molar-refractivity contribution is -0.137. The maximum Gasteiger partial charge on any atom is 0.416 e. The molecule has 0 aromatic heterocycles. The molecule has 2 aromatic carbocycles. The van der Waals surface area contributed by atoms with E-state index in [0.717, 1.165) is 17.7 Å². The number of carbonyl (C=O) groups is 1. The van der Waals surface area contributed by atoms with Crippen LogP contribution in [0.2, 0.25) is 0 Å². The zero-order valence-corrected chi connectivity index (χ0v) is 15.0. The number of hydrogen-bond donors (Lipinski definition) is 1. The first-order chi connectivity index (χ1) is 12.1. The third kappa shape index (κ3) is 5.08. The first-order valence-electron chi connectivity index (χ1n) is 8.23. The highest BCUT2D eigenvalue weighted by Crippen LogP contribution is 2.29. The van der Waals surface area contributed by atoms with Crippen LogP contribution < -0.4 is 5.32 Å². The van der Waals surface area contributed by atoms with Gasteiger partial charge in [0.25, 0.3) is 5.91 Å². The van der Waals surface area contributed by atoms with Crippen molar-refractivity contribution in [3.05, 3.63) is 70.8 Å². The molecule has 0 atom stereocenters. The molecule has 0 saturated carbocycles. The lowest BCUT2D eigenvalue weighted by Crippen LogP contribution is -2.26. The summed E-state index contributed by atoms with van der Waals surface area (Å²) in [6, 6.07) is 12.2. The Morgan fingerprint density at radius 3 is 2.27 bits per heavy atom. The van der Waals surface area contributed by atoms with Gasteiger partial charge in [0.1, 0.15) is 0 Å². The van der Waals surface area contributed by atoms with Crippen molar-refractivity contribution in [1.82, 2.24) is 5.32 Å². The predicted octanol–water partition coefficient (Wildman–Crippen LogP) is 4.56. The largest absolute Gasteiger partial charge is 0.416 e. The van der Waals surface area contributed by atoms with Crippen LogP contribution in [-0.2, 0) is 22.9 Å². The minimum absolute atomic E-state index is 0.255. The molecule has 1 N–H and O–H groups in total. The van der Waals surface area contributed by atoms with Crippen molar-refractivity contribution < 1.29 is 22.7 Å². The number of carbonyl (C=O) groups excluding carboxylic acids is 1. The van der Waals surface area contributed by atoms with Crippen molar-refractivity contribution in [2.24, 2.45) is 0 Å². The maximum atomic E-state index is 12.7.